The lowest BCUT2D eigenvalue weighted by Crippen LogP contribution is -2.34. The minimum atomic E-state index is 0.00879. The summed E-state index contributed by atoms with van der Waals surface area (Å²) in [6.45, 7) is 31.4. The Hall–Kier alpha value is -0.980. The number of nitrogens with zero attached hydrogens (tertiary/aromatic N) is 2. The summed E-state index contributed by atoms with van der Waals surface area (Å²) >= 11 is 0. The summed E-state index contributed by atoms with van der Waals surface area (Å²) in [5.74, 6) is 3.04. The zero-order valence-corrected chi connectivity index (χ0v) is 50.9. The van der Waals surface area contributed by atoms with E-state index in [0.717, 1.165) is 69.5 Å². The lowest BCUT2D eigenvalue weighted by atomic mass is 9.90. The van der Waals surface area contributed by atoms with Gasteiger partial charge in [-0.25, -0.2) is 0 Å². The van der Waals surface area contributed by atoms with Gasteiger partial charge < -0.3 is 24.6 Å². The van der Waals surface area contributed by atoms with Crippen LogP contribution in [0.25, 0.3) is 0 Å². The highest BCUT2D eigenvalue weighted by Gasteiger charge is 2.11. The third-order valence-corrected chi connectivity index (χ3v) is 13.9. The molecule has 0 saturated heterocycles. The van der Waals surface area contributed by atoms with Crippen LogP contribution in [-0.4, -0.2) is 81.5 Å². The third-order valence-electron chi connectivity index (χ3n) is 13.9. The molecule has 0 bridgehead atoms. The number of rotatable bonds is 51. The summed E-state index contributed by atoms with van der Waals surface area (Å²) < 4.78 is 5.60. The van der Waals surface area contributed by atoms with Gasteiger partial charge in [-0.3, -0.25) is 4.79 Å². The van der Waals surface area contributed by atoms with Crippen molar-refractivity contribution in [2.24, 2.45) is 17.8 Å². The van der Waals surface area contributed by atoms with Crippen LogP contribution in [0.2, 0.25) is 0 Å². The van der Waals surface area contributed by atoms with Gasteiger partial charge in [0.15, 0.2) is 0 Å². The smallest absolute Gasteiger partial charge is 0.305 e. The first-order chi connectivity index (χ1) is 34.0. The predicted molar refractivity (Wildman–Crippen MR) is 317 cm³/mol. The second kappa shape index (κ2) is 66.0. The number of ether oxygens (including phenoxy) is 1. The summed E-state index contributed by atoms with van der Waals surface area (Å²) in [6, 6.07) is 0. The molecular formula is C64H135N3O3. The molecule has 0 aliphatic rings. The van der Waals surface area contributed by atoms with Gasteiger partial charge in [0, 0.05) is 25.9 Å². The number of ketones is 1. The first kappa shape index (κ1) is 75.5. The van der Waals surface area contributed by atoms with Crippen molar-refractivity contribution >= 4 is 11.8 Å². The molecular weight excluding hydrogens is 859 g/mol. The van der Waals surface area contributed by atoms with Crippen LogP contribution in [-0.2, 0) is 14.3 Å². The van der Waals surface area contributed by atoms with Gasteiger partial charge in [-0.1, -0.05) is 255 Å². The maximum absolute atomic E-state index is 12.3. The van der Waals surface area contributed by atoms with Gasteiger partial charge in [0.2, 0.25) is 0 Å². The normalized spacial score (nSPS) is 11.2. The van der Waals surface area contributed by atoms with Crippen LogP contribution >= 0.6 is 0 Å². The van der Waals surface area contributed by atoms with Crippen molar-refractivity contribution in [3.05, 3.63) is 0 Å². The second-order valence-electron chi connectivity index (χ2n) is 21.9. The molecule has 0 atom stereocenters. The van der Waals surface area contributed by atoms with E-state index in [1.807, 2.05) is 13.8 Å². The van der Waals surface area contributed by atoms with E-state index in [1.54, 1.807) is 6.92 Å². The molecule has 0 fully saturated rings. The van der Waals surface area contributed by atoms with Crippen molar-refractivity contribution in [3.8, 4) is 0 Å². The van der Waals surface area contributed by atoms with Gasteiger partial charge in [-0.05, 0) is 116 Å². The fourth-order valence-corrected chi connectivity index (χ4v) is 9.19. The summed E-state index contributed by atoms with van der Waals surface area (Å²) in [6.07, 6.45) is 50.3. The Morgan fingerprint density at radius 2 is 0.800 bits per heavy atom. The van der Waals surface area contributed by atoms with Crippen LogP contribution in [0, 0.1) is 17.8 Å². The summed E-state index contributed by atoms with van der Waals surface area (Å²) in [5.41, 5.74) is 0. The number of hydrogen-bond donors (Lipinski definition) is 1. The van der Waals surface area contributed by atoms with Crippen molar-refractivity contribution in [3.63, 3.8) is 0 Å². The second-order valence-corrected chi connectivity index (χ2v) is 21.9. The number of nitrogens with one attached hydrogen (secondary N) is 1. The van der Waals surface area contributed by atoms with Crippen LogP contribution in [0.15, 0.2) is 0 Å². The van der Waals surface area contributed by atoms with Gasteiger partial charge in [-0.15, -0.1) is 0 Å². The van der Waals surface area contributed by atoms with Gasteiger partial charge >= 0.3 is 5.97 Å². The highest BCUT2D eigenvalue weighted by Crippen LogP contribution is 2.24. The molecule has 0 rings (SSSR count). The lowest BCUT2D eigenvalue weighted by molar-refractivity contribution is -0.144. The SMILES string of the molecule is CC.CC(C)CCN(C)C.CCCCCCC(CCCC)CCCCCC.CCCCCCC(CCCCCC)CCCOC(=O)CCCCCCCN(CCCCCCCC(C)=O)CCNCCC. The molecule has 0 unspecified atom stereocenters. The van der Waals surface area contributed by atoms with Crippen LogP contribution in [0.4, 0.5) is 0 Å². The van der Waals surface area contributed by atoms with Gasteiger partial charge in [0.25, 0.3) is 0 Å². The van der Waals surface area contributed by atoms with Gasteiger partial charge in [-0.2, -0.15) is 0 Å². The standard InChI is InChI=1S/C38H76N2O3.C17H36.C7H17N.C2H6/c1-5-8-10-19-26-37(27-20-11-9-6-2)28-24-35-43-38(42)29-21-15-13-17-23-33-40(34-31-39-30-7-3)32-22-16-12-14-18-25-36(4)41;1-4-7-10-12-15-17(14-9-6-3)16-13-11-8-5-2;1-7(2)5-6-8(3)4;1-2/h37,39H,5-35H2,1-4H3;17H,4-16H2,1-3H3;7H,5-6H2,1-4H3;1-2H3. The van der Waals surface area contributed by atoms with E-state index in [4.69, 9.17) is 4.74 Å². The average molecular weight is 995 g/mol. The van der Waals surface area contributed by atoms with Crippen molar-refractivity contribution < 1.29 is 14.3 Å². The molecule has 0 radical (unpaired) electrons. The van der Waals surface area contributed by atoms with E-state index in [1.165, 1.54) is 232 Å². The molecule has 1 N–H and O–H groups in total. The highest BCUT2D eigenvalue weighted by molar-refractivity contribution is 5.75. The molecule has 0 saturated carbocycles. The summed E-state index contributed by atoms with van der Waals surface area (Å²) in [7, 11) is 4.23. The molecule has 0 aromatic carbocycles. The van der Waals surface area contributed by atoms with E-state index < -0.39 is 0 Å². The fraction of sp³-hybridized carbons (Fsp3) is 0.969. The lowest BCUT2D eigenvalue weighted by Gasteiger charge is -2.22. The van der Waals surface area contributed by atoms with Crippen molar-refractivity contribution in [2.45, 2.75) is 327 Å². The van der Waals surface area contributed by atoms with Crippen molar-refractivity contribution in [2.75, 3.05) is 60.0 Å². The topological polar surface area (TPSA) is 61.9 Å². The van der Waals surface area contributed by atoms with E-state index in [0.29, 0.717) is 18.8 Å². The number of hydrogen-bond acceptors (Lipinski definition) is 6. The van der Waals surface area contributed by atoms with E-state index in [9.17, 15) is 9.59 Å². The van der Waals surface area contributed by atoms with Crippen LogP contribution in [0.5, 0.6) is 0 Å². The molecule has 6 heteroatoms. The van der Waals surface area contributed by atoms with Crippen molar-refractivity contribution in [1.82, 2.24) is 15.1 Å². The van der Waals surface area contributed by atoms with Gasteiger partial charge in [0.1, 0.15) is 5.78 Å². The maximum Gasteiger partial charge on any atom is 0.305 e. The highest BCUT2D eigenvalue weighted by atomic mass is 16.5. The first-order valence-electron chi connectivity index (χ1n) is 31.7. The Morgan fingerprint density at radius 3 is 1.19 bits per heavy atom. The number of esters is 1. The van der Waals surface area contributed by atoms with E-state index in [-0.39, 0.29) is 5.97 Å². The Kier molecular flexibility index (Phi) is 71.3. The summed E-state index contributed by atoms with van der Waals surface area (Å²) in [4.78, 5) is 28.2. The van der Waals surface area contributed by atoms with E-state index in [2.05, 4.69) is 84.6 Å². The van der Waals surface area contributed by atoms with Crippen molar-refractivity contribution in [1.29, 1.82) is 0 Å². The molecule has 0 heterocycles. The van der Waals surface area contributed by atoms with Crippen LogP contribution < -0.4 is 5.32 Å². The molecule has 0 aliphatic carbocycles. The Morgan fingerprint density at radius 1 is 0.414 bits per heavy atom. The largest absolute Gasteiger partial charge is 0.466 e. The minimum Gasteiger partial charge on any atom is -0.466 e. The zero-order chi connectivity index (χ0) is 53.0. The summed E-state index contributed by atoms with van der Waals surface area (Å²) in [5, 5.41) is 3.55. The first-order valence-corrected chi connectivity index (χ1v) is 31.7. The molecule has 0 aromatic heterocycles. The van der Waals surface area contributed by atoms with E-state index >= 15 is 0 Å². The number of Topliss-reactive ketones (excluding diaryl/α,β-unsaturated/α-hetero) is 1. The quantitative estimate of drug-likeness (QED) is 0.0484. The number of unbranched alkanes of at least 4 members (excludes halogenated alkanes) is 21. The Labute approximate surface area is 443 Å². The molecule has 70 heavy (non-hydrogen) atoms. The predicted octanol–water partition coefficient (Wildman–Crippen LogP) is 19.8. The molecule has 6 nitrogen and oxygen atoms in total. The average Bonchev–Trinajstić information content (AvgIpc) is 3.35. The van der Waals surface area contributed by atoms with Crippen LogP contribution in [0.3, 0.4) is 0 Å². The molecule has 0 aliphatic heterocycles. The fourth-order valence-electron chi connectivity index (χ4n) is 9.19. The Balaban J connectivity index is -0.000000655. The molecule has 0 amide bonds. The molecule has 0 spiro atoms. The number of carbonyl (C=O) groups is 2. The third kappa shape index (κ3) is 69.1. The minimum absolute atomic E-state index is 0.00879. The van der Waals surface area contributed by atoms with Crippen LogP contribution in [0.1, 0.15) is 327 Å². The molecule has 424 valence electrons. The monoisotopic (exact) mass is 994 g/mol. The van der Waals surface area contributed by atoms with Gasteiger partial charge in [0.05, 0.1) is 6.61 Å². The zero-order valence-electron chi connectivity index (χ0n) is 50.9. The molecule has 0 aromatic rings. The Bertz CT molecular complexity index is 926. The number of carbonyl (C=O) groups excluding carboxylic acids is 2. The maximum atomic E-state index is 12.3.